The molecule has 0 amide bonds. The number of ether oxygens (including phenoxy) is 1. The molecule has 1 unspecified atom stereocenters. The second-order valence-corrected chi connectivity index (χ2v) is 5.31. The summed E-state index contributed by atoms with van der Waals surface area (Å²) in [5, 5.41) is 4.43. The summed E-state index contributed by atoms with van der Waals surface area (Å²) in [6, 6.07) is 3.50. The van der Waals surface area contributed by atoms with E-state index in [1.54, 1.807) is 7.05 Å². The molecule has 0 bridgehead atoms. The molecule has 1 aromatic carbocycles. The zero-order chi connectivity index (χ0) is 15.0. The average molecular weight is 293 g/mol. The number of benzene rings is 1. The molecule has 3 rings (SSSR count). The zero-order valence-corrected chi connectivity index (χ0v) is 11.8. The van der Waals surface area contributed by atoms with E-state index < -0.39 is 11.6 Å². The van der Waals surface area contributed by atoms with Gasteiger partial charge in [-0.3, -0.25) is 4.68 Å². The highest BCUT2D eigenvalue weighted by molar-refractivity contribution is 5.77. The fourth-order valence-corrected chi connectivity index (χ4v) is 2.77. The molecule has 1 aromatic heterocycles. The van der Waals surface area contributed by atoms with Crippen molar-refractivity contribution in [3.05, 3.63) is 35.5 Å². The summed E-state index contributed by atoms with van der Waals surface area (Å²) in [5.41, 5.74) is 7.60. The minimum absolute atomic E-state index is 0.0849. The number of nitrogens with zero attached hydrogens (tertiary/aromatic N) is 2. The van der Waals surface area contributed by atoms with Crippen molar-refractivity contribution in [2.75, 3.05) is 18.9 Å². The number of rotatable bonds is 2. The lowest BCUT2D eigenvalue weighted by Gasteiger charge is -2.21. The first-order valence-electron chi connectivity index (χ1n) is 6.93. The summed E-state index contributed by atoms with van der Waals surface area (Å²) in [6.45, 7) is 1.28. The van der Waals surface area contributed by atoms with Gasteiger partial charge in [0.2, 0.25) is 0 Å². The Kier molecular flexibility index (Phi) is 3.63. The predicted octanol–water partition coefficient (Wildman–Crippen LogP) is 2.84. The number of nitrogens with two attached hydrogens (primary N) is 1. The van der Waals surface area contributed by atoms with Crippen LogP contribution < -0.4 is 5.73 Å². The summed E-state index contributed by atoms with van der Waals surface area (Å²) in [7, 11) is 1.72. The third-order valence-electron chi connectivity index (χ3n) is 3.87. The van der Waals surface area contributed by atoms with Crippen LogP contribution in [0.25, 0.3) is 11.1 Å². The Morgan fingerprint density at radius 2 is 2.19 bits per heavy atom. The van der Waals surface area contributed by atoms with Crippen LogP contribution in [0.3, 0.4) is 0 Å². The van der Waals surface area contributed by atoms with E-state index >= 15 is 0 Å². The standard InChI is InChI=1S/C15H17F2N3O/c1-20-15(18)13(11-5-4-10(16)7-12(11)17)14(19-20)9-3-2-6-21-8-9/h4-5,7,9H,2-3,6,8,18H2,1H3. The van der Waals surface area contributed by atoms with E-state index in [9.17, 15) is 8.78 Å². The average Bonchev–Trinajstić information content (AvgIpc) is 2.76. The normalized spacial score (nSPS) is 18.9. The number of hydrogen-bond donors (Lipinski definition) is 1. The molecule has 1 fully saturated rings. The van der Waals surface area contributed by atoms with Crippen molar-refractivity contribution in [2.24, 2.45) is 7.05 Å². The van der Waals surface area contributed by atoms with Crippen LogP contribution in [0.15, 0.2) is 18.2 Å². The van der Waals surface area contributed by atoms with Gasteiger partial charge in [-0.2, -0.15) is 5.10 Å². The summed E-state index contributed by atoms with van der Waals surface area (Å²) < 4.78 is 34.2. The molecular weight excluding hydrogens is 276 g/mol. The Hall–Kier alpha value is -1.95. The van der Waals surface area contributed by atoms with E-state index in [1.165, 1.54) is 16.8 Å². The van der Waals surface area contributed by atoms with Gasteiger partial charge in [0.1, 0.15) is 17.5 Å². The molecule has 6 heteroatoms. The predicted molar refractivity (Wildman–Crippen MR) is 75.8 cm³/mol. The summed E-state index contributed by atoms with van der Waals surface area (Å²) in [5.74, 6) is -0.781. The van der Waals surface area contributed by atoms with Crippen LogP contribution in [0, 0.1) is 11.6 Å². The molecule has 2 N–H and O–H groups in total. The zero-order valence-electron chi connectivity index (χ0n) is 11.8. The first-order chi connectivity index (χ1) is 10.1. The first-order valence-corrected chi connectivity index (χ1v) is 6.93. The molecule has 0 saturated carbocycles. The van der Waals surface area contributed by atoms with Crippen molar-refractivity contribution in [1.82, 2.24) is 9.78 Å². The molecule has 0 spiro atoms. The number of anilines is 1. The van der Waals surface area contributed by atoms with Crippen LogP contribution in [-0.4, -0.2) is 23.0 Å². The smallest absolute Gasteiger partial charge is 0.134 e. The van der Waals surface area contributed by atoms with Gasteiger partial charge in [-0.1, -0.05) is 0 Å². The van der Waals surface area contributed by atoms with Gasteiger partial charge in [-0.05, 0) is 25.0 Å². The number of aryl methyl sites for hydroxylation is 1. The van der Waals surface area contributed by atoms with Gasteiger partial charge in [0.05, 0.1) is 17.9 Å². The minimum atomic E-state index is -0.632. The lowest BCUT2D eigenvalue weighted by Crippen LogP contribution is -2.16. The Morgan fingerprint density at radius 1 is 1.38 bits per heavy atom. The van der Waals surface area contributed by atoms with Crippen LogP contribution >= 0.6 is 0 Å². The van der Waals surface area contributed by atoms with Gasteiger partial charge in [0.25, 0.3) is 0 Å². The fraction of sp³-hybridized carbons (Fsp3) is 0.400. The molecule has 112 valence electrons. The highest BCUT2D eigenvalue weighted by atomic mass is 19.1. The second kappa shape index (κ2) is 5.44. The Morgan fingerprint density at radius 3 is 2.86 bits per heavy atom. The summed E-state index contributed by atoms with van der Waals surface area (Å²) >= 11 is 0. The van der Waals surface area contributed by atoms with Crippen molar-refractivity contribution in [1.29, 1.82) is 0 Å². The van der Waals surface area contributed by atoms with Crippen molar-refractivity contribution in [3.63, 3.8) is 0 Å². The molecule has 1 atom stereocenters. The number of halogens is 2. The van der Waals surface area contributed by atoms with Gasteiger partial charge in [0.15, 0.2) is 0 Å². The second-order valence-electron chi connectivity index (χ2n) is 5.31. The molecule has 0 radical (unpaired) electrons. The van der Waals surface area contributed by atoms with Gasteiger partial charge < -0.3 is 10.5 Å². The van der Waals surface area contributed by atoms with Crippen LogP contribution in [0.5, 0.6) is 0 Å². The quantitative estimate of drug-likeness (QED) is 0.926. The van der Waals surface area contributed by atoms with Crippen LogP contribution in [-0.2, 0) is 11.8 Å². The van der Waals surface area contributed by atoms with Crippen molar-refractivity contribution >= 4 is 5.82 Å². The molecule has 1 saturated heterocycles. The third kappa shape index (κ3) is 2.51. The van der Waals surface area contributed by atoms with Gasteiger partial charge in [0, 0.05) is 31.2 Å². The maximum atomic E-state index is 14.1. The SMILES string of the molecule is Cn1nc(C2CCCOC2)c(-c2ccc(F)cc2F)c1N. The van der Waals surface area contributed by atoms with E-state index in [1.807, 2.05) is 0 Å². The molecule has 2 heterocycles. The molecule has 4 nitrogen and oxygen atoms in total. The monoisotopic (exact) mass is 293 g/mol. The highest BCUT2D eigenvalue weighted by Crippen LogP contribution is 2.38. The van der Waals surface area contributed by atoms with E-state index in [4.69, 9.17) is 10.5 Å². The molecule has 1 aliphatic heterocycles. The maximum Gasteiger partial charge on any atom is 0.134 e. The Bertz CT molecular complexity index is 663. The maximum absolute atomic E-state index is 14.1. The number of hydrogen-bond acceptors (Lipinski definition) is 3. The molecular formula is C15H17F2N3O. The Labute approximate surface area is 121 Å². The topological polar surface area (TPSA) is 53.1 Å². The lowest BCUT2D eigenvalue weighted by atomic mass is 9.92. The van der Waals surface area contributed by atoms with Crippen LogP contribution in [0.2, 0.25) is 0 Å². The molecule has 2 aromatic rings. The van der Waals surface area contributed by atoms with Crippen molar-refractivity contribution in [2.45, 2.75) is 18.8 Å². The van der Waals surface area contributed by atoms with Gasteiger partial charge in [-0.25, -0.2) is 8.78 Å². The largest absolute Gasteiger partial charge is 0.383 e. The lowest BCUT2D eigenvalue weighted by molar-refractivity contribution is 0.0793. The van der Waals surface area contributed by atoms with E-state index in [0.29, 0.717) is 18.0 Å². The molecule has 1 aliphatic rings. The molecule has 21 heavy (non-hydrogen) atoms. The van der Waals surface area contributed by atoms with E-state index in [0.717, 1.165) is 31.2 Å². The summed E-state index contributed by atoms with van der Waals surface area (Å²) in [6.07, 6.45) is 1.86. The first kappa shape index (κ1) is 14.0. The van der Waals surface area contributed by atoms with Crippen molar-refractivity contribution < 1.29 is 13.5 Å². The minimum Gasteiger partial charge on any atom is -0.383 e. The molecule has 0 aliphatic carbocycles. The highest BCUT2D eigenvalue weighted by Gasteiger charge is 2.27. The van der Waals surface area contributed by atoms with E-state index in [-0.39, 0.29) is 11.5 Å². The summed E-state index contributed by atoms with van der Waals surface area (Å²) in [4.78, 5) is 0. The number of aromatic nitrogens is 2. The van der Waals surface area contributed by atoms with Gasteiger partial charge in [-0.15, -0.1) is 0 Å². The number of nitrogen functional groups attached to an aromatic ring is 1. The fourth-order valence-electron chi connectivity index (χ4n) is 2.77. The van der Waals surface area contributed by atoms with Crippen molar-refractivity contribution in [3.8, 4) is 11.1 Å². The third-order valence-corrected chi connectivity index (χ3v) is 3.87. The van der Waals surface area contributed by atoms with Crippen LogP contribution in [0.4, 0.5) is 14.6 Å². The van der Waals surface area contributed by atoms with Gasteiger partial charge >= 0.3 is 0 Å². The Balaban J connectivity index is 2.12. The van der Waals surface area contributed by atoms with E-state index in [2.05, 4.69) is 5.10 Å². The van der Waals surface area contributed by atoms with Crippen LogP contribution in [0.1, 0.15) is 24.5 Å².